The number of rotatable bonds is 3. The molecule has 0 fully saturated rings. The molecule has 3 rings (SSSR count). The lowest BCUT2D eigenvalue weighted by atomic mass is 9.37. The molecular formula is C24H15B. The van der Waals surface area contributed by atoms with Crippen LogP contribution in [-0.4, -0.2) is 6.71 Å². The van der Waals surface area contributed by atoms with Crippen LogP contribution in [0.25, 0.3) is 0 Å². The van der Waals surface area contributed by atoms with Gasteiger partial charge in [-0.25, -0.2) is 0 Å². The summed E-state index contributed by atoms with van der Waals surface area (Å²) >= 11 is 0. The van der Waals surface area contributed by atoms with Crippen LogP contribution in [0.5, 0.6) is 0 Å². The summed E-state index contributed by atoms with van der Waals surface area (Å²) in [5.41, 5.74) is 6.11. The second-order valence-electron chi connectivity index (χ2n) is 5.73. The van der Waals surface area contributed by atoms with E-state index in [1.165, 1.54) is 16.4 Å². The molecule has 0 saturated heterocycles. The van der Waals surface area contributed by atoms with Crippen LogP contribution < -0.4 is 16.4 Å². The summed E-state index contributed by atoms with van der Waals surface area (Å²) in [6, 6.07) is 24.2. The summed E-state index contributed by atoms with van der Waals surface area (Å²) in [5, 5.41) is 0. The lowest BCUT2D eigenvalue weighted by Gasteiger charge is -2.16. The summed E-state index contributed by atoms with van der Waals surface area (Å²) in [6.45, 7) is 0.0884. The van der Waals surface area contributed by atoms with Crippen LogP contribution in [-0.2, 0) is 0 Å². The Morgan fingerprint density at radius 2 is 0.680 bits per heavy atom. The number of hydrogen-bond donors (Lipinski definition) is 0. The molecule has 0 heterocycles. The maximum atomic E-state index is 5.47. The number of benzene rings is 3. The fraction of sp³-hybridized carbons (Fsp3) is 0. The zero-order chi connectivity index (χ0) is 17.6. The molecule has 0 aliphatic heterocycles. The van der Waals surface area contributed by atoms with E-state index in [0.29, 0.717) is 0 Å². The van der Waals surface area contributed by atoms with Gasteiger partial charge in [0.2, 0.25) is 6.71 Å². The summed E-state index contributed by atoms with van der Waals surface area (Å²) in [5.74, 6) is 7.98. The molecule has 0 bridgehead atoms. The van der Waals surface area contributed by atoms with Gasteiger partial charge in [0.15, 0.2) is 0 Å². The third kappa shape index (κ3) is 3.51. The quantitative estimate of drug-likeness (QED) is 0.513. The van der Waals surface area contributed by atoms with Crippen molar-refractivity contribution in [3.63, 3.8) is 0 Å². The van der Waals surface area contributed by atoms with E-state index in [4.69, 9.17) is 19.3 Å². The zero-order valence-electron chi connectivity index (χ0n) is 13.7. The second kappa shape index (κ2) is 7.32. The Kier molecular flexibility index (Phi) is 4.76. The van der Waals surface area contributed by atoms with Gasteiger partial charge in [0.05, 0.1) is 0 Å². The van der Waals surface area contributed by atoms with E-state index in [1.807, 2.05) is 36.4 Å². The van der Waals surface area contributed by atoms with Gasteiger partial charge in [-0.05, 0) is 36.4 Å². The first-order chi connectivity index (χ1) is 12.2. The van der Waals surface area contributed by atoms with Crippen molar-refractivity contribution in [1.82, 2.24) is 0 Å². The molecule has 0 aliphatic carbocycles. The van der Waals surface area contributed by atoms with Gasteiger partial charge in [0, 0.05) is 16.7 Å². The first-order valence-electron chi connectivity index (χ1n) is 7.95. The van der Waals surface area contributed by atoms with Crippen LogP contribution in [0.4, 0.5) is 0 Å². The van der Waals surface area contributed by atoms with Crippen molar-refractivity contribution in [2.24, 2.45) is 0 Å². The van der Waals surface area contributed by atoms with Crippen LogP contribution in [0, 0.1) is 37.0 Å². The molecule has 0 unspecified atom stereocenters. The van der Waals surface area contributed by atoms with Crippen LogP contribution in [0.1, 0.15) is 16.7 Å². The first-order valence-corrected chi connectivity index (χ1v) is 7.95. The lowest BCUT2D eigenvalue weighted by Crippen LogP contribution is -2.51. The van der Waals surface area contributed by atoms with Gasteiger partial charge in [0.1, 0.15) is 0 Å². The highest BCUT2D eigenvalue weighted by Gasteiger charge is 2.21. The highest BCUT2D eigenvalue weighted by Crippen LogP contribution is 2.02. The topological polar surface area (TPSA) is 0 Å². The van der Waals surface area contributed by atoms with E-state index in [-0.39, 0.29) is 6.71 Å². The Morgan fingerprint density at radius 1 is 0.440 bits per heavy atom. The highest BCUT2D eigenvalue weighted by molar-refractivity contribution is 6.95. The number of hydrogen-bond acceptors (Lipinski definition) is 0. The third-order valence-electron chi connectivity index (χ3n) is 4.23. The Morgan fingerprint density at radius 3 is 0.880 bits per heavy atom. The van der Waals surface area contributed by atoms with Crippen molar-refractivity contribution in [3.8, 4) is 37.0 Å². The normalized spacial score (nSPS) is 9.48. The highest BCUT2D eigenvalue weighted by atomic mass is 14.0. The van der Waals surface area contributed by atoms with Gasteiger partial charge in [-0.1, -0.05) is 70.5 Å². The standard InChI is InChI=1S/C24H15B/c1-4-19-7-13-22(14-8-19)25(23-15-9-20(5-2)10-16-23)24-17-11-21(6-3)12-18-24/h1-3,7-18H. The summed E-state index contributed by atoms with van der Waals surface area (Å²) in [7, 11) is 0. The SMILES string of the molecule is C#Cc1ccc(B(c2ccc(C#C)cc2)c2ccc(C#C)cc2)cc1. The molecule has 0 saturated carbocycles. The summed E-state index contributed by atoms with van der Waals surface area (Å²) < 4.78 is 0. The minimum absolute atomic E-state index is 0.0884. The van der Waals surface area contributed by atoms with Gasteiger partial charge < -0.3 is 0 Å². The van der Waals surface area contributed by atoms with Gasteiger partial charge in [0.25, 0.3) is 0 Å². The molecule has 0 atom stereocenters. The van der Waals surface area contributed by atoms with Crippen molar-refractivity contribution in [2.75, 3.05) is 0 Å². The maximum absolute atomic E-state index is 5.47. The molecule has 25 heavy (non-hydrogen) atoms. The van der Waals surface area contributed by atoms with E-state index in [0.717, 1.165) is 16.7 Å². The summed E-state index contributed by atoms with van der Waals surface area (Å²) in [4.78, 5) is 0. The molecule has 0 amide bonds. The van der Waals surface area contributed by atoms with Crippen LogP contribution in [0.15, 0.2) is 72.8 Å². The second-order valence-corrected chi connectivity index (χ2v) is 5.73. The molecule has 1 heteroatoms. The molecule has 0 radical (unpaired) electrons. The van der Waals surface area contributed by atoms with E-state index >= 15 is 0 Å². The van der Waals surface area contributed by atoms with Gasteiger partial charge in [-0.2, -0.15) is 0 Å². The summed E-state index contributed by atoms with van der Waals surface area (Å²) in [6.07, 6.45) is 16.4. The van der Waals surface area contributed by atoms with E-state index in [9.17, 15) is 0 Å². The van der Waals surface area contributed by atoms with Crippen molar-refractivity contribution in [3.05, 3.63) is 89.5 Å². The molecular weight excluding hydrogens is 299 g/mol. The Balaban J connectivity index is 2.10. The van der Waals surface area contributed by atoms with Gasteiger partial charge >= 0.3 is 0 Å². The van der Waals surface area contributed by atoms with Crippen LogP contribution in [0.2, 0.25) is 0 Å². The molecule has 0 N–H and O–H groups in total. The minimum Gasteiger partial charge on any atom is -0.115 e. The smallest absolute Gasteiger partial charge is 0.115 e. The maximum Gasteiger partial charge on any atom is 0.241 e. The average Bonchev–Trinajstić information content (AvgIpc) is 2.70. The zero-order valence-corrected chi connectivity index (χ0v) is 13.7. The largest absolute Gasteiger partial charge is 0.241 e. The van der Waals surface area contributed by atoms with Crippen LogP contribution >= 0.6 is 0 Å². The van der Waals surface area contributed by atoms with Crippen molar-refractivity contribution < 1.29 is 0 Å². The lowest BCUT2D eigenvalue weighted by molar-refractivity contribution is 1.65. The fourth-order valence-electron chi connectivity index (χ4n) is 2.89. The fourth-order valence-corrected chi connectivity index (χ4v) is 2.89. The Labute approximate surface area is 150 Å². The molecule has 0 nitrogen and oxygen atoms in total. The molecule has 0 aromatic heterocycles. The Hall–Kier alpha value is -3.60. The van der Waals surface area contributed by atoms with Crippen molar-refractivity contribution >= 4 is 23.1 Å². The van der Waals surface area contributed by atoms with Crippen molar-refractivity contribution in [1.29, 1.82) is 0 Å². The van der Waals surface area contributed by atoms with E-state index in [2.05, 4.69) is 54.2 Å². The molecule has 0 spiro atoms. The average molecular weight is 314 g/mol. The van der Waals surface area contributed by atoms with E-state index < -0.39 is 0 Å². The molecule has 3 aromatic carbocycles. The number of terminal acetylenes is 3. The van der Waals surface area contributed by atoms with Crippen LogP contribution in [0.3, 0.4) is 0 Å². The predicted octanol–water partition coefficient (Wildman–Crippen LogP) is 2.15. The van der Waals surface area contributed by atoms with Gasteiger partial charge in [-0.15, -0.1) is 19.3 Å². The Bertz CT molecular complexity index is 850. The predicted molar refractivity (Wildman–Crippen MR) is 108 cm³/mol. The monoisotopic (exact) mass is 314 g/mol. The molecule has 3 aromatic rings. The first kappa shape index (κ1) is 16.3. The molecule has 0 aliphatic rings. The van der Waals surface area contributed by atoms with Crippen molar-refractivity contribution in [2.45, 2.75) is 0 Å². The third-order valence-corrected chi connectivity index (χ3v) is 4.23. The minimum atomic E-state index is 0.0884. The van der Waals surface area contributed by atoms with E-state index in [1.54, 1.807) is 0 Å². The molecule has 114 valence electrons. The van der Waals surface area contributed by atoms with Gasteiger partial charge in [-0.3, -0.25) is 0 Å².